The lowest BCUT2D eigenvalue weighted by atomic mass is 9.91. The first-order valence-electron chi connectivity index (χ1n) is 10.5. The van der Waals surface area contributed by atoms with Gasteiger partial charge in [-0.3, -0.25) is 4.98 Å². The minimum absolute atomic E-state index is 0.731. The zero-order chi connectivity index (χ0) is 21.2. The van der Waals surface area contributed by atoms with Gasteiger partial charge in [0.1, 0.15) is 0 Å². The molecule has 1 atom stereocenters. The highest BCUT2D eigenvalue weighted by Crippen LogP contribution is 2.35. The third kappa shape index (κ3) is 6.37. The van der Waals surface area contributed by atoms with Crippen molar-refractivity contribution in [1.29, 1.82) is 0 Å². The van der Waals surface area contributed by atoms with Gasteiger partial charge in [0.15, 0.2) is 0 Å². The number of nitrogens with zero attached hydrogens (tertiary/aromatic N) is 1. The van der Waals surface area contributed by atoms with Gasteiger partial charge in [-0.2, -0.15) is 0 Å². The van der Waals surface area contributed by atoms with Gasteiger partial charge in [-0.1, -0.05) is 81.4 Å². The lowest BCUT2D eigenvalue weighted by molar-refractivity contribution is 0.932. The standard InChI is InChI=1S/C28H30NP/c1-4-27(26-14-8-10-22(2)20-26)28(25-15-17-29-18-16-25)21-23(3)30-19-9-13-24-11-6-5-7-12-24/h4-8,10-12,14-18,20-21,30H,3,9,13,19H2,1-2H3/b27-4-,28-21-. The van der Waals surface area contributed by atoms with Crippen molar-refractivity contribution in [3.63, 3.8) is 0 Å². The van der Waals surface area contributed by atoms with Crippen LogP contribution in [0.5, 0.6) is 0 Å². The van der Waals surface area contributed by atoms with Crippen LogP contribution in [0.25, 0.3) is 11.1 Å². The van der Waals surface area contributed by atoms with E-state index in [-0.39, 0.29) is 0 Å². The number of benzene rings is 2. The summed E-state index contributed by atoms with van der Waals surface area (Å²) in [6, 6.07) is 23.6. The summed E-state index contributed by atoms with van der Waals surface area (Å²) in [6.07, 6.45) is 11.7. The Bertz CT molecular complexity index is 1020. The van der Waals surface area contributed by atoms with Crippen molar-refractivity contribution >= 4 is 19.7 Å². The van der Waals surface area contributed by atoms with Crippen LogP contribution in [-0.4, -0.2) is 11.1 Å². The number of aromatic nitrogens is 1. The van der Waals surface area contributed by atoms with Crippen LogP contribution in [0, 0.1) is 6.92 Å². The Kier molecular flexibility index (Phi) is 8.36. The van der Waals surface area contributed by atoms with Crippen LogP contribution in [0.2, 0.25) is 0 Å². The summed E-state index contributed by atoms with van der Waals surface area (Å²) in [4.78, 5) is 4.20. The Morgan fingerprint density at radius 1 is 0.933 bits per heavy atom. The average Bonchev–Trinajstić information content (AvgIpc) is 2.78. The molecule has 3 aromatic rings. The highest BCUT2D eigenvalue weighted by molar-refractivity contribution is 7.43. The van der Waals surface area contributed by atoms with Crippen LogP contribution >= 0.6 is 8.58 Å². The van der Waals surface area contributed by atoms with Crippen LogP contribution in [-0.2, 0) is 6.42 Å². The molecule has 1 aromatic heterocycles. The minimum atomic E-state index is 0.731. The number of rotatable bonds is 9. The van der Waals surface area contributed by atoms with E-state index in [1.54, 1.807) is 0 Å². The largest absolute Gasteiger partial charge is 0.265 e. The van der Waals surface area contributed by atoms with Crippen molar-refractivity contribution in [2.24, 2.45) is 0 Å². The van der Waals surface area contributed by atoms with E-state index in [1.165, 1.54) is 51.3 Å². The van der Waals surface area contributed by atoms with Gasteiger partial charge in [-0.05, 0) is 84.2 Å². The molecule has 0 amide bonds. The van der Waals surface area contributed by atoms with E-state index in [2.05, 4.69) is 104 Å². The fraction of sp³-hybridized carbons (Fsp3) is 0.179. The van der Waals surface area contributed by atoms with Crippen LogP contribution < -0.4 is 0 Å². The van der Waals surface area contributed by atoms with Crippen molar-refractivity contribution in [1.82, 2.24) is 4.98 Å². The van der Waals surface area contributed by atoms with E-state index >= 15 is 0 Å². The second-order valence-electron chi connectivity index (χ2n) is 7.41. The zero-order valence-corrected chi connectivity index (χ0v) is 18.9. The summed E-state index contributed by atoms with van der Waals surface area (Å²) in [7, 11) is 0.731. The molecule has 0 aliphatic heterocycles. The van der Waals surface area contributed by atoms with Gasteiger partial charge in [0.25, 0.3) is 0 Å². The topological polar surface area (TPSA) is 12.9 Å². The minimum Gasteiger partial charge on any atom is -0.265 e. The van der Waals surface area contributed by atoms with Crippen molar-refractivity contribution in [2.75, 3.05) is 6.16 Å². The molecule has 0 aliphatic carbocycles. The van der Waals surface area contributed by atoms with Crippen molar-refractivity contribution in [2.45, 2.75) is 26.7 Å². The summed E-state index contributed by atoms with van der Waals surface area (Å²) >= 11 is 0. The van der Waals surface area contributed by atoms with E-state index in [4.69, 9.17) is 0 Å². The molecule has 2 heteroatoms. The second-order valence-corrected chi connectivity index (χ2v) is 8.90. The molecule has 0 saturated carbocycles. The maximum absolute atomic E-state index is 4.39. The molecular formula is C28H30NP. The first-order chi connectivity index (χ1) is 14.7. The quantitative estimate of drug-likeness (QED) is 0.200. The molecule has 0 aliphatic rings. The predicted octanol–water partition coefficient (Wildman–Crippen LogP) is 7.70. The monoisotopic (exact) mass is 411 g/mol. The number of aryl methyl sites for hydroxylation is 2. The molecule has 1 unspecified atom stereocenters. The lowest BCUT2D eigenvalue weighted by Crippen LogP contribution is -1.93. The molecule has 0 spiro atoms. The molecule has 0 N–H and O–H groups in total. The summed E-state index contributed by atoms with van der Waals surface area (Å²) in [5.74, 6) is 0. The molecule has 3 rings (SSSR count). The average molecular weight is 412 g/mol. The Labute approximate surface area is 183 Å². The van der Waals surface area contributed by atoms with E-state index in [0.717, 1.165) is 15.0 Å². The molecule has 0 fully saturated rings. The molecule has 0 radical (unpaired) electrons. The summed E-state index contributed by atoms with van der Waals surface area (Å²) < 4.78 is 0. The molecule has 152 valence electrons. The van der Waals surface area contributed by atoms with E-state index in [1.807, 2.05) is 12.4 Å². The van der Waals surface area contributed by atoms with E-state index in [0.29, 0.717) is 0 Å². The first kappa shape index (κ1) is 21.9. The van der Waals surface area contributed by atoms with Gasteiger partial charge >= 0.3 is 0 Å². The molecule has 1 nitrogen and oxygen atoms in total. The highest BCUT2D eigenvalue weighted by Gasteiger charge is 2.11. The normalized spacial score (nSPS) is 12.5. The maximum atomic E-state index is 4.39. The Balaban J connectivity index is 1.76. The number of pyridine rings is 1. The van der Waals surface area contributed by atoms with Gasteiger partial charge in [0, 0.05) is 12.4 Å². The van der Waals surface area contributed by atoms with Gasteiger partial charge in [-0.25, -0.2) is 0 Å². The smallest absolute Gasteiger partial charge is 0.0273 e. The molecule has 30 heavy (non-hydrogen) atoms. The Morgan fingerprint density at radius 2 is 1.70 bits per heavy atom. The molecule has 2 aromatic carbocycles. The van der Waals surface area contributed by atoms with Gasteiger partial charge in [0.2, 0.25) is 0 Å². The molecule has 0 bridgehead atoms. The van der Waals surface area contributed by atoms with Crippen molar-refractivity contribution < 1.29 is 0 Å². The van der Waals surface area contributed by atoms with E-state index in [9.17, 15) is 0 Å². The van der Waals surface area contributed by atoms with Crippen LogP contribution in [0.3, 0.4) is 0 Å². The number of hydrogen-bond donors (Lipinski definition) is 0. The summed E-state index contributed by atoms with van der Waals surface area (Å²) in [5.41, 5.74) is 7.54. The highest BCUT2D eigenvalue weighted by atomic mass is 31.1. The first-order valence-corrected chi connectivity index (χ1v) is 11.7. The molecular weight excluding hydrogens is 381 g/mol. The summed E-state index contributed by atoms with van der Waals surface area (Å²) in [6.45, 7) is 8.63. The molecule has 0 saturated heterocycles. The van der Waals surface area contributed by atoms with Gasteiger partial charge in [-0.15, -0.1) is 0 Å². The maximum Gasteiger partial charge on any atom is 0.0273 e. The van der Waals surface area contributed by atoms with Crippen molar-refractivity contribution in [3.8, 4) is 0 Å². The second kappa shape index (κ2) is 11.4. The Morgan fingerprint density at radius 3 is 2.40 bits per heavy atom. The zero-order valence-electron chi connectivity index (χ0n) is 17.9. The third-order valence-electron chi connectivity index (χ3n) is 5.05. The SMILES string of the molecule is C=C(/C=C(\C(=C/C)c1cccc(C)c1)c1ccncc1)PCCCc1ccccc1. The summed E-state index contributed by atoms with van der Waals surface area (Å²) in [5, 5.41) is 1.20. The Hall–Kier alpha value is -2.76. The fourth-order valence-corrected chi connectivity index (χ4v) is 4.47. The van der Waals surface area contributed by atoms with Gasteiger partial charge < -0.3 is 0 Å². The van der Waals surface area contributed by atoms with Crippen molar-refractivity contribution in [3.05, 3.63) is 125 Å². The third-order valence-corrected chi connectivity index (χ3v) is 6.26. The number of hydrogen-bond acceptors (Lipinski definition) is 1. The van der Waals surface area contributed by atoms with Crippen LogP contribution in [0.4, 0.5) is 0 Å². The lowest BCUT2D eigenvalue weighted by Gasteiger charge is -2.15. The molecule has 1 heterocycles. The fourth-order valence-electron chi connectivity index (χ4n) is 3.55. The predicted molar refractivity (Wildman–Crippen MR) is 134 cm³/mol. The van der Waals surface area contributed by atoms with E-state index < -0.39 is 0 Å². The van der Waals surface area contributed by atoms with Crippen LogP contribution in [0.1, 0.15) is 35.6 Å². The van der Waals surface area contributed by atoms with Crippen LogP contribution in [0.15, 0.2) is 103 Å². The van der Waals surface area contributed by atoms with Gasteiger partial charge in [0.05, 0.1) is 0 Å². The number of allylic oxidation sites excluding steroid dienone is 5.